The lowest BCUT2D eigenvalue weighted by Gasteiger charge is -2.27. The van der Waals surface area contributed by atoms with E-state index in [4.69, 9.17) is 14.5 Å². The number of para-hydroxylation sites is 1. The Morgan fingerprint density at radius 1 is 1.23 bits per heavy atom. The van der Waals surface area contributed by atoms with Crippen molar-refractivity contribution in [2.24, 2.45) is 0 Å². The first kappa shape index (κ1) is 23.5. The van der Waals surface area contributed by atoms with E-state index in [1.165, 1.54) is 12.1 Å². The largest absolute Gasteiger partial charge is 0.496 e. The maximum absolute atomic E-state index is 14.0. The van der Waals surface area contributed by atoms with Crippen molar-refractivity contribution in [3.63, 3.8) is 0 Å². The van der Waals surface area contributed by atoms with Crippen molar-refractivity contribution < 1.29 is 18.7 Å². The van der Waals surface area contributed by atoms with Crippen LogP contribution in [0.15, 0.2) is 65.4 Å². The molecule has 0 aliphatic carbocycles. The topological polar surface area (TPSA) is 51.7 Å². The summed E-state index contributed by atoms with van der Waals surface area (Å²) in [6.07, 6.45) is 2.31. The van der Waals surface area contributed by atoms with Gasteiger partial charge in [0.05, 0.1) is 30.8 Å². The van der Waals surface area contributed by atoms with Crippen LogP contribution in [0.1, 0.15) is 24.0 Å². The molecule has 1 atom stereocenters. The number of carbonyl (C=O) groups is 1. The minimum Gasteiger partial charge on any atom is -0.496 e. The zero-order chi connectivity index (χ0) is 24.2. The summed E-state index contributed by atoms with van der Waals surface area (Å²) < 4.78 is 25.5. The zero-order valence-corrected chi connectivity index (χ0v) is 20.4. The lowest BCUT2D eigenvalue weighted by molar-refractivity contribution is -0.132. The van der Waals surface area contributed by atoms with E-state index >= 15 is 0 Å². The molecule has 1 aliphatic rings. The maximum Gasteiger partial charge on any atom is 0.227 e. The summed E-state index contributed by atoms with van der Waals surface area (Å²) in [6, 6.07) is 16.2. The molecule has 4 aromatic rings. The Balaban J connectivity index is 1.56. The predicted molar refractivity (Wildman–Crippen MR) is 136 cm³/mol. The van der Waals surface area contributed by atoms with Crippen LogP contribution >= 0.6 is 11.3 Å². The van der Waals surface area contributed by atoms with Crippen molar-refractivity contribution in [3.8, 4) is 17.0 Å². The van der Waals surface area contributed by atoms with Crippen molar-refractivity contribution in [3.05, 3.63) is 82.3 Å². The number of hydrogen-bond acceptors (Lipinski definition) is 5. The normalized spacial score (nSPS) is 15.4. The van der Waals surface area contributed by atoms with Crippen molar-refractivity contribution in [2.45, 2.75) is 31.9 Å². The smallest absolute Gasteiger partial charge is 0.227 e. The van der Waals surface area contributed by atoms with Crippen LogP contribution in [0.5, 0.6) is 5.75 Å². The molecule has 3 heterocycles. The fourth-order valence-corrected chi connectivity index (χ4v) is 5.22. The van der Waals surface area contributed by atoms with Crippen LogP contribution in [0.25, 0.3) is 22.2 Å². The quantitative estimate of drug-likeness (QED) is 0.310. The second-order valence-corrected chi connectivity index (χ2v) is 9.53. The highest BCUT2D eigenvalue weighted by Gasteiger charge is 2.25. The van der Waals surface area contributed by atoms with E-state index in [9.17, 15) is 9.18 Å². The summed E-state index contributed by atoms with van der Waals surface area (Å²) >= 11 is 1.59. The molecule has 1 saturated heterocycles. The number of fused-ring (bicyclic) bond motifs is 1. The van der Waals surface area contributed by atoms with Gasteiger partial charge in [0, 0.05) is 36.7 Å². The van der Waals surface area contributed by atoms with Crippen LogP contribution in [0, 0.1) is 5.82 Å². The first-order chi connectivity index (χ1) is 17.1. The molecule has 0 spiro atoms. The Hall–Kier alpha value is -3.29. The summed E-state index contributed by atoms with van der Waals surface area (Å²) in [5.74, 6) is 0.381. The third-order valence-electron chi connectivity index (χ3n) is 6.32. The van der Waals surface area contributed by atoms with Crippen molar-refractivity contribution in [1.82, 2.24) is 9.88 Å². The first-order valence-corrected chi connectivity index (χ1v) is 12.7. The fraction of sp³-hybridized carbons (Fsp3) is 0.286. The van der Waals surface area contributed by atoms with Crippen LogP contribution < -0.4 is 4.74 Å². The molecule has 5 rings (SSSR count). The molecule has 0 N–H and O–H groups in total. The van der Waals surface area contributed by atoms with Gasteiger partial charge in [-0.2, -0.15) is 11.3 Å². The number of thiophene rings is 1. The molecule has 5 nitrogen and oxygen atoms in total. The molecule has 1 amide bonds. The van der Waals surface area contributed by atoms with Crippen LogP contribution in [-0.4, -0.2) is 42.2 Å². The molecule has 2 aromatic heterocycles. The Morgan fingerprint density at radius 3 is 2.89 bits per heavy atom. The molecule has 0 radical (unpaired) electrons. The van der Waals surface area contributed by atoms with Gasteiger partial charge in [-0.1, -0.05) is 12.1 Å². The van der Waals surface area contributed by atoms with Crippen molar-refractivity contribution in [1.29, 1.82) is 0 Å². The minimum absolute atomic E-state index is 0.0265. The van der Waals surface area contributed by atoms with Gasteiger partial charge in [-0.25, -0.2) is 9.37 Å². The number of aromatic nitrogens is 1. The van der Waals surface area contributed by atoms with Gasteiger partial charge in [-0.3, -0.25) is 4.79 Å². The summed E-state index contributed by atoms with van der Waals surface area (Å²) in [7, 11) is 1.62. The number of methoxy groups -OCH3 is 1. The molecule has 0 unspecified atom stereocenters. The molecule has 7 heteroatoms. The third kappa shape index (κ3) is 5.36. The highest BCUT2D eigenvalue weighted by Crippen LogP contribution is 2.34. The summed E-state index contributed by atoms with van der Waals surface area (Å²) in [4.78, 5) is 20.2. The summed E-state index contributed by atoms with van der Waals surface area (Å²) in [6.45, 7) is 1.62. The molecule has 35 heavy (non-hydrogen) atoms. The van der Waals surface area contributed by atoms with E-state index in [1.807, 2.05) is 52.1 Å². The number of hydrogen-bond donors (Lipinski definition) is 0. The fourth-order valence-electron chi connectivity index (χ4n) is 4.55. The summed E-state index contributed by atoms with van der Waals surface area (Å²) in [5, 5.41) is 4.82. The lowest BCUT2D eigenvalue weighted by Crippen LogP contribution is -2.38. The standard InChI is InChI=1S/C28H27FN2O3S/c1-33-26-7-3-2-6-24(26)28-21(14-20-8-9-22(29)15-25(20)30-28)16-31(17-23-5-4-11-34-23)27(32)13-19-10-12-35-18-19/h2-3,6-10,12,14-15,18,23H,4-5,11,13,16-17H2,1H3/t23-/m0/s1. The highest BCUT2D eigenvalue weighted by molar-refractivity contribution is 7.08. The first-order valence-electron chi connectivity index (χ1n) is 11.7. The van der Waals surface area contributed by atoms with Gasteiger partial charge in [0.15, 0.2) is 0 Å². The number of benzene rings is 2. The zero-order valence-electron chi connectivity index (χ0n) is 19.6. The minimum atomic E-state index is -0.338. The number of pyridine rings is 1. The van der Waals surface area contributed by atoms with Gasteiger partial charge >= 0.3 is 0 Å². The van der Waals surface area contributed by atoms with Gasteiger partial charge in [-0.05, 0) is 71.1 Å². The Kier molecular flexibility index (Phi) is 7.06. The average Bonchev–Trinajstić information content (AvgIpc) is 3.58. The third-order valence-corrected chi connectivity index (χ3v) is 7.05. The Bertz CT molecular complexity index is 1320. The lowest BCUT2D eigenvalue weighted by atomic mass is 10.0. The number of halogens is 1. The van der Waals surface area contributed by atoms with Crippen molar-refractivity contribution in [2.75, 3.05) is 20.3 Å². The van der Waals surface area contributed by atoms with Crippen LogP contribution in [0.2, 0.25) is 0 Å². The van der Waals surface area contributed by atoms with E-state index in [0.717, 1.165) is 41.5 Å². The Morgan fingerprint density at radius 2 is 2.11 bits per heavy atom. The van der Waals surface area contributed by atoms with E-state index in [2.05, 4.69) is 0 Å². The number of carbonyl (C=O) groups excluding carboxylic acids is 1. The van der Waals surface area contributed by atoms with Gasteiger partial charge in [0.25, 0.3) is 0 Å². The maximum atomic E-state index is 14.0. The monoisotopic (exact) mass is 490 g/mol. The number of nitrogens with zero attached hydrogens (tertiary/aromatic N) is 2. The molecule has 2 aromatic carbocycles. The van der Waals surface area contributed by atoms with E-state index < -0.39 is 0 Å². The molecule has 180 valence electrons. The predicted octanol–water partition coefficient (Wildman–Crippen LogP) is 5.86. The second-order valence-electron chi connectivity index (χ2n) is 8.75. The average molecular weight is 491 g/mol. The van der Waals surface area contributed by atoms with Crippen LogP contribution in [0.4, 0.5) is 4.39 Å². The van der Waals surface area contributed by atoms with E-state index in [-0.39, 0.29) is 17.8 Å². The number of amides is 1. The van der Waals surface area contributed by atoms with E-state index in [1.54, 1.807) is 24.5 Å². The molecule has 1 fully saturated rings. The molecule has 1 aliphatic heterocycles. The van der Waals surface area contributed by atoms with E-state index in [0.29, 0.717) is 36.5 Å². The molecular weight excluding hydrogens is 463 g/mol. The van der Waals surface area contributed by atoms with Gasteiger partial charge in [0.1, 0.15) is 11.6 Å². The molecule has 0 saturated carbocycles. The highest BCUT2D eigenvalue weighted by atomic mass is 32.1. The van der Waals surface area contributed by atoms with Gasteiger partial charge in [0.2, 0.25) is 5.91 Å². The van der Waals surface area contributed by atoms with Gasteiger partial charge in [-0.15, -0.1) is 0 Å². The summed E-state index contributed by atoms with van der Waals surface area (Å²) in [5.41, 5.74) is 3.93. The molecular formula is C28H27FN2O3S. The van der Waals surface area contributed by atoms with Gasteiger partial charge < -0.3 is 14.4 Å². The SMILES string of the molecule is COc1ccccc1-c1nc2cc(F)ccc2cc1CN(C[C@@H]1CCCO1)C(=O)Cc1ccsc1. The van der Waals surface area contributed by atoms with Crippen molar-refractivity contribution >= 4 is 28.1 Å². The Labute approximate surface area is 208 Å². The number of ether oxygens (including phenoxy) is 2. The molecule has 0 bridgehead atoms. The van der Waals surface area contributed by atoms with Crippen LogP contribution in [0.3, 0.4) is 0 Å². The second kappa shape index (κ2) is 10.5. The number of rotatable bonds is 8. The van der Waals surface area contributed by atoms with Crippen LogP contribution in [-0.2, 0) is 22.5 Å².